The minimum atomic E-state index is -1.96. The molecule has 0 saturated carbocycles. The summed E-state index contributed by atoms with van der Waals surface area (Å²) < 4.78 is 0. The molecule has 31 nitrogen and oxygen atoms in total. The number of carboxylic acids is 2. The summed E-state index contributed by atoms with van der Waals surface area (Å²) in [6, 6.07) is 0.841. The highest BCUT2D eigenvalue weighted by molar-refractivity contribution is 7.98. The fourth-order valence-corrected chi connectivity index (χ4v) is 11.0. The molecule has 11 atom stereocenters. The van der Waals surface area contributed by atoms with Crippen molar-refractivity contribution in [1.29, 1.82) is 0 Å². The molecule has 0 bridgehead atoms. The molecule has 93 heavy (non-hydrogen) atoms. The molecular weight excluding hydrogens is 1230 g/mol. The number of nitrogens with one attached hydrogen (secondary N) is 9. The molecule has 2 aliphatic rings. The van der Waals surface area contributed by atoms with Crippen molar-refractivity contribution in [1.82, 2.24) is 57.7 Å². The lowest BCUT2D eigenvalue weighted by Crippen LogP contribution is -2.62. The lowest BCUT2D eigenvalue weighted by Gasteiger charge is -2.32. The van der Waals surface area contributed by atoms with Gasteiger partial charge in [-0.1, -0.05) is 80.9 Å². The molecule has 2 aliphatic heterocycles. The largest absolute Gasteiger partial charge is 0.481 e. The van der Waals surface area contributed by atoms with E-state index in [-0.39, 0.29) is 51.1 Å². The van der Waals surface area contributed by atoms with Gasteiger partial charge in [0.2, 0.25) is 65.0 Å². The molecule has 18 N–H and O–H groups in total. The van der Waals surface area contributed by atoms with Crippen molar-refractivity contribution in [3.8, 4) is 0 Å². The van der Waals surface area contributed by atoms with E-state index in [0.717, 1.165) is 0 Å². The van der Waals surface area contributed by atoms with Crippen molar-refractivity contribution in [3.63, 3.8) is 0 Å². The summed E-state index contributed by atoms with van der Waals surface area (Å²) in [4.78, 5) is 178. The van der Waals surface area contributed by atoms with Crippen LogP contribution in [0.25, 0.3) is 0 Å². The van der Waals surface area contributed by atoms with Crippen LogP contribution < -0.4 is 59.3 Å². The number of nitrogens with zero attached hydrogens (tertiary/aromatic N) is 2. The second kappa shape index (κ2) is 40.0. The molecule has 0 aromatic heterocycles. The van der Waals surface area contributed by atoms with E-state index >= 15 is 0 Å². The number of benzene rings is 2. The molecule has 0 unspecified atom stereocenters. The number of hydrogen-bond acceptors (Lipinski definition) is 19. The van der Waals surface area contributed by atoms with Gasteiger partial charge in [0.1, 0.15) is 60.4 Å². The molecule has 514 valence electrons. The number of nitrogens with two attached hydrogens (primary N) is 2. The summed E-state index contributed by atoms with van der Waals surface area (Å²) in [5.41, 5.74) is 12.8. The third-order valence-corrected chi connectivity index (χ3v) is 16.2. The van der Waals surface area contributed by atoms with Gasteiger partial charge in [0.05, 0.1) is 32.4 Å². The molecule has 0 aliphatic carbocycles. The van der Waals surface area contributed by atoms with Crippen LogP contribution >= 0.6 is 11.8 Å². The molecule has 2 aromatic carbocycles. The maximum absolute atomic E-state index is 14.5. The Kier molecular flexibility index (Phi) is 33.1. The number of rotatable bonds is 40. The molecule has 2 saturated heterocycles. The van der Waals surface area contributed by atoms with Crippen LogP contribution in [0.5, 0.6) is 0 Å². The van der Waals surface area contributed by atoms with Crippen molar-refractivity contribution in [3.05, 3.63) is 71.8 Å². The number of aliphatic carboxylic acids is 2. The van der Waals surface area contributed by atoms with Crippen molar-refractivity contribution < 1.29 is 87.9 Å². The van der Waals surface area contributed by atoms with Crippen molar-refractivity contribution in [2.24, 2.45) is 17.4 Å². The van der Waals surface area contributed by atoms with Crippen LogP contribution in [0.15, 0.2) is 60.7 Å². The lowest BCUT2D eigenvalue weighted by atomic mass is 10.0. The summed E-state index contributed by atoms with van der Waals surface area (Å²) in [7, 11) is 0. The highest BCUT2D eigenvalue weighted by Gasteiger charge is 2.44. The smallest absolute Gasteiger partial charge is 0.326 e. The van der Waals surface area contributed by atoms with Crippen LogP contribution in [0.4, 0.5) is 0 Å². The number of aliphatic hydroxyl groups is 3. The molecular formula is C61H91N13O18S. The highest BCUT2D eigenvalue weighted by Crippen LogP contribution is 2.26. The molecule has 0 spiro atoms. The number of likely N-dealkylation sites (tertiary alicyclic amines) is 2. The number of carboxylic acid groups (broad SMARTS) is 2. The zero-order chi connectivity index (χ0) is 68.7. The predicted octanol–water partition coefficient (Wildman–Crippen LogP) is -4.37. The van der Waals surface area contributed by atoms with Gasteiger partial charge in [-0.25, -0.2) is 4.79 Å². The highest BCUT2D eigenvalue weighted by atomic mass is 32.2. The first-order chi connectivity index (χ1) is 44.3. The van der Waals surface area contributed by atoms with Gasteiger partial charge >= 0.3 is 11.9 Å². The van der Waals surface area contributed by atoms with Crippen LogP contribution in [-0.4, -0.2) is 237 Å². The minimum Gasteiger partial charge on any atom is -0.481 e. The Morgan fingerprint density at radius 1 is 0.548 bits per heavy atom. The maximum atomic E-state index is 14.5. The number of carbonyl (C=O) groups is 13. The van der Waals surface area contributed by atoms with Crippen LogP contribution in [-0.2, 0) is 75.2 Å². The van der Waals surface area contributed by atoms with Crippen molar-refractivity contribution in [2.75, 3.05) is 58.0 Å². The van der Waals surface area contributed by atoms with Crippen LogP contribution in [0.3, 0.4) is 0 Å². The molecule has 32 heteroatoms. The van der Waals surface area contributed by atoms with Gasteiger partial charge in [-0.2, -0.15) is 11.8 Å². The van der Waals surface area contributed by atoms with Crippen molar-refractivity contribution in [2.45, 2.75) is 164 Å². The minimum absolute atomic E-state index is 0.112. The Hall–Kier alpha value is -8.30. The second-order valence-corrected chi connectivity index (χ2v) is 24.1. The van der Waals surface area contributed by atoms with E-state index in [9.17, 15) is 87.9 Å². The molecule has 2 aromatic rings. The van der Waals surface area contributed by atoms with Gasteiger partial charge in [-0.15, -0.1) is 0 Å². The Bertz CT molecular complexity index is 2860. The topological polar surface area (TPSA) is 490 Å². The summed E-state index contributed by atoms with van der Waals surface area (Å²) >= 11 is 1.39. The summed E-state index contributed by atoms with van der Waals surface area (Å²) in [5.74, 6) is -12.5. The fraction of sp³-hybridized carbons (Fsp3) is 0.590. The van der Waals surface area contributed by atoms with Crippen LogP contribution in [0, 0.1) is 5.92 Å². The lowest BCUT2D eigenvalue weighted by molar-refractivity contribution is -0.147. The normalized spacial score (nSPS) is 17.3. The van der Waals surface area contributed by atoms with E-state index in [0.29, 0.717) is 61.9 Å². The Balaban J connectivity index is 1.47. The first-order valence-electron chi connectivity index (χ1n) is 31.0. The molecule has 4 rings (SSSR count). The van der Waals surface area contributed by atoms with Crippen LogP contribution in [0.1, 0.15) is 95.6 Å². The van der Waals surface area contributed by atoms with E-state index < -0.39 is 183 Å². The first kappa shape index (κ1) is 77.1. The summed E-state index contributed by atoms with van der Waals surface area (Å²) in [6.07, 6.45) is 3.27. The van der Waals surface area contributed by atoms with E-state index in [1.807, 2.05) is 0 Å². The van der Waals surface area contributed by atoms with E-state index in [1.54, 1.807) is 80.8 Å². The standard InChI is InChI=1S/C61H91N13O18S/c1-35(2)28-41(53(83)67-40(61(91)92)23-27-93-3)65-49(78)31-64-51(81)42(29-36-14-6-4-7-15-36)68-54(84)43(30-37-16-8-5-9-17-37)69-52(82)39(21-22-50(79)80)66-55(85)44(32-75)70-56(86)45(33-76)71-57(87)46(34-77)72-58(88)47-19-12-25-73(47)60(90)48-20-13-26-74(48)59(89)38(63)18-10-11-24-62/h4-9,14-17,35,38-48,75-77H,10-13,18-34,62-63H2,1-3H3,(H,64,81)(H,65,78)(H,66,85)(H,67,83)(H,68,84)(H,69,82)(H,70,86)(H,71,87)(H,72,88)(H,79,80)(H,91,92)/t38-,39-,40-,41-,42-,43-,44-,45-,46-,47-,48-/m0/s1. The Labute approximate surface area is 543 Å². The van der Waals surface area contributed by atoms with E-state index in [1.165, 1.54) is 21.6 Å². The summed E-state index contributed by atoms with van der Waals surface area (Å²) in [6.45, 7) is 0.370. The Morgan fingerprint density at radius 2 is 1.01 bits per heavy atom. The Morgan fingerprint density at radius 3 is 1.52 bits per heavy atom. The van der Waals surface area contributed by atoms with Crippen molar-refractivity contribution >= 4 is 88.7 Å². The number of aliphatic hydroxyl groups excluding tert-OH is 3. The van der Waals surface area contributed by atoms with Gasteiger partial charge in [0.25, 0.3) is 0 Å². The summed E-state index contributed by atoms with van der Waals surface area (Å²) in [5, 5.41) is 71.7. The third-order valence-electron chi connectivity index (χ3n) is 15.5. The predicted molar refractivity (Wildman–Crippen MR) is 337 cm³/mol. The zero-order valence-corrected chi connectivity index (χ0v) is 53.4. The number of hydrogen-bond donors (Lipinski definition) is 16. The average molecular weight is 1330 g/mol. The van der Waals surface area contributed by atoms with Gasteiger partial charge < -0.3 is 94.7 Å². The number of amides is 11. The first-order valence-corrected chi connectivity index (χ1v) is 32.4. The van der Waals surface area contributed by atoms with E-state index in [4.69, 9.17) is 11.5 Å². The van der Waals surface area contributed by atoms with Gasteiger partial charge in [0, 0.05) is 32.4 Å². The fourth-order valence-electron chi connectivity index (χ4n) is 10.5. The number of unbranched alkanes of at least 4 members (excludes halogenated alkanes) is 1. The van der Waals surface area contributed by atoms with E-state index in [2.05, 4.69) is 47.9 Å². The number of thioether (sulfide) groups is 1. The quantitative estimate of drug-likeness (QED) is 0.0280. The number of carbonyl (C=O) groups excluding carboxylic acids is 11. The average Bonchev–Trinajstić information content (AvgIpc) is 1.71. The maximum Gasteiger partial charge on any atom is 0.326 e. The SMILES string of the molecule is CSCC[C@H](NC(=O)[C@H](CC(C)C)NC(=O)CNC(=O)[C@H](Cc1ccccc1)NC(=O)[C@H](Cc1ccccc1)NC(=O)[C@H](CCC(=O)O)NC(=O)[C@H](CO)NC(=O)[C@H](CO)NC(=O)[C@H](CO)NC(=O)[C@@H]1CCCN1C(=O)[C@@H]1CCCN1C(=O)[C@@H](N)CCCCN)C(=O)O. The van der Waals surface area contributed by atoms with Gasteiger partial charge in [0.15, 0.2) is 0 Å². The van der Waals surface area contributed by atoms with Crippen LogP contribution in [0.2, 0.25) is 0 Å². The molecule has 2 fully saturated rings. The third kappa shape index (κ3) is 25.3. The molecule has 2 heterocycles. The molecule has 0 radical (unpaired) electrons. The van der Waals surface area contributed by atoms with Gasteiger partial charge in [-0.05, 0) is 93.4 Å². The second-order valence-electron chi connectivity index (χ2n) is 23.1. The molecule has 11 amide bonds. The zero-order valence-electron chi connectivity index (χ0n) is 52.6. The monoisotopic (exact) mass is 1330 g/mol. The van der Waals surface area contributed by atoms with Gasteiger partial charge in [-0.3, -0.25) is 57.5 Å².